The summed E-state index contributed by atoms with van der Waals surface area (Å²) in [5, 5.41) is 13.0. The molecule has 0 heterocycles. The van der Waals surface area contributed by atoms with Gasteiger partial charge in [-0.2, -0.15) is 0 Å². The second-order valence-electron chi connectivity index (χ2n) is 6.77. The van der Waals surface area contributed by atoms with Crippen LogP contribution in [0.25, 0.3) is 0 Å². The number of rotatable bonds is 3. The van der Waals surface area contributed by atoms with Gasteiger partial charge < -0.3 is 15.3 Å². The van der Waals surface area contributed by atoms with Gasteiger partial charge in [-0.25, -0.2) is 4.79 Å². The molecule has 0 aliphatic heterocycles. The van der Waals surface area contributed by atoms with Crippen molar-refractivity contribution in [3.05, 3.63) is 0 Å². The molecule has 1 amide bonds. The zero-order valence-electron chi connectivity index (χ0n) is 11.8. The van der Waals surface area contributed by atoms with Gasteiger partial charge >= 0.3 is 6.09 Å². The molecule has 0 atom stereocenters. The molecule has 4 nitrogen and oxygen atoms in total. The molecule has 18 heavy (non-hydrogen) atoms. The maximum Gasteiger partial charge on any atom is 0.407 e. The Morgan fingerprint density at radius 2 is 1.50 bits per heavy atom. The van der Waals surface area contributed by atoms with Gasteiger partial charge in [-0.3, -0.25) is 0 Å². The van der Waals surface area contributed by atoms with E-state index < -0.39 is 6.09 Å². The van der Waals surface area contributed by atoms with Gasteiger partial charge in [-0.1, -0.05) is 0 Å². The Hall–Kier alpha value is -0.770. The molecule has 0 aromatic heterocycles. The molecule has 0 aromatic rings. The van der Waals surface area contributed by atoms with Crippen LogP contribution in [0.1, 0.15) is 59.3 Å². The van der Waals surface area contributed by atoms with Crippen LogP contribution in [0.3, 0.4) is 0 Å². The number of nitrogens with zero attached hydrogens (tertiary/aromatic N) is 1. The van der Waals surface area contributed by atoms with Crippen molar-refractivity contribution in [2.75, 3.05) is 0 Å². The SMILES string of the molecule is CC(C)(C)N(C(=O)O)C1CCC(NC2CC2)CC1. The fourth-order valence-corrected chi connectivity index (χ4v) is 3.07. The van der Waals surface area contributed by atoms with Gasteiger partial charge in [-0.15, -0.1) is 0 Å². The van der Waals surface area contributed by atoms with E-state index in [2.05, 4.69) is 5.32 Å². The smallest absolute Gasteiger partial charge is 0.407 e. The minimum Gasteiger partial charge on any atom is -0.465 e. The molecule has 0 saturated heterocycles. The Kier molecular flexibility index (Phi) is 3.85. The van der Waals surface area contributed by atoms with Crippen LogP contribution in [0.4, 0.5) is 4.79 Å². The summed E-state index contributed by atoms with van der Waals surface area (Å²) >= 11 is 0. The van der Waals surface area contributed by atoms with Crippen LogP contribution in [0.5, 0.6) is 0 Å². The van der Waals surface area contributed by atoms with Gasteiger partial charge in [0.2, 0.25) is 0 Å². The average Bonchev–Trinajstić information content (AvgIpc) is 3.02. The second-order valence-corrected chi connectivity index (χ2v) is 6.77. The maximum atomic E-state index is 11.4. The highest BCUT2D eigenvalue weighted by molar-refractivity contribution is 5.66. The first-order chi connectivity index (χ1) is 8.38. The highest BCUT2D eigenvalue weighted by Gasteiger charge is 2.36. The molecule has 2 aliphatic rings. The normalized spacial score (nSPS) is 29.1. The number of carboxylic acid groups (broad SMARTS) is 1. The van der Waals surface area contributed by atoms with Crippen molar-refractivity contribution in [1.29, 1.82) is 0 Å². The molecule has 2 saturated carbocycles. The molecular weight excluding hydrogens is 228 g/mol. The van der Waals surface area contributed by atoms with Crippen LogP contribution in [0.2, 0.25) is 0 Å². The van der Waals surface area contributed by atoms with Gasteiger partial charge in [0.05, 0.1) is 0 Å². The quantitative estimate of drug-likeness (QED) is 0.814. The van der Waals surface area contributed by atoms with Crippen LogP contribution in [0.15, 0.2) is 0 Å². The molecule has 2 fully saturated rings. The molecule has 0 bridgehead atoms. The van der Waals surface area contributed by atoms with Crippen molar-refractivity contribution >= 4 is 6.09 Å². The fourth-order valence-electron chi connectivity index (χ4n) is 3.07. The minimum atomic E-state index is -0.777. The molecule has 0 aromatic carbocycles. The van der Waals surface area contributed by atoms with E-state index in [4.69, 9.17) is 0 Å². The van der Waals surface area contributed by atoms with Crippen molar-refractivity contribution in [1.82, 2.24) is 10.2 Å². The lowest BCUT2D eigenvalue weighted by atomic mass is 9.88. The van der Waals surface area contributed by atoms with Gasteiger partial charge in [0.15, 0.2) is 0 Å². The second kappa shape index (κ2) is 5.08. The Labute approximate surface area is 110 Å². The molecule has 104 valence electrons. The highest BCUT2D eigenvalue weighted by atomic mass is 16.4. The van der Waals surface area contributed by atoms with E-state index in [1.54, 1.807) is 4.90 Å². The Balaban J connectivity index is 1.88. The molecule has 0 spiro atoms. The maximum absolute atomic E-state index is 11.4. The van der Waals surface area contributed by atoms with E-state index in [9.17, 15) is 9.90 Å². The molecule has 2 aliphatic carbocycles. The van der Waals surface area contributed by atoms with E-state index in [0.717, 1.165) is 31.7 Å². The number of nitrogens with one attached hydrogen (secondary N) is 1. The Morgan fingerprint density at radius 3 is 1.83 bits per heavy atom. The molecule has 2 N–H and O–H groups in total. The van der Waals surface area contributed by atoms with E-state index in [1.807, 2.05) is 20.8 Å². The lowest BCUT2D eigenvalue weighted by Crippen LogP contribution is -2.53. The summed E-state index contributed by atoms with van der Waals surface area (Å²) in [6.07, 6.45) is 6.08. The van der Waals surface area contributed by atoms with E-state index in [1.165, 1.54) is 12.8 Å². The first-order valence-electron chi connectivity index (χ1n) is 7.16. The zero-order chi connectivity index (χ0) is 13.3. The lowest BCUT2D eigenvalue weighted by molar-refractivity contribution is 0.0530. The zero-order valence-corrected chi connectivity index (χ0v) is 11.8. The minimum absolute atomic E-state index is 0.194. The highest BCUT2D eigenvalue weighted by Crippen LogP contribution is 2.30. The monoisotopic (exact) mass is 254 g/mol. The number of amides is 1. The summed E-state index contributed by atoms with van der Waals surface area (Å²) in [6.45, 7) is 5.95. The van der Waals surface area contributed by atoms with Gasteiger partial charge in [0.1, 0.15) is 0 Å². The van der Waals surface area contributed by atoms with Crippen molar-refractivity contribution in [2.45, 2.75) is 83.0 Å². The van der Waals surface area contributed by atoms with Crippen molar-refractivity contribution in [3.8, 4) is 0 Å². The van der Waals surface area contributed by atoms with E-state index >= 15 is 0 Å². The molecule has 4 heteroatoms. The van der Waals surface area contributed by atoms with Gasteiger partial charge in [0.25, 0.3) is 0 Å². The number of carbonyl (C=O) groups is 1. The van der Waals surface area contributed by atoms with Crippen LogP contribution < -0.4 is 5.32 Å². The third kappa shape index (κ3) is 3.37. The first kappa shape index (κ1) is 13.7. The average molecular weight is 254 g/mol. The summed E-state index contributed by atoms with van der Waals surface area (Å²) < 4.78 is 0. The standard InChI is InChI=1S/C14H26N2O2/c1-14(2,3)16(13(17)18)12-8-6-11(7-9-12)15-10-4-5-10/h10-12,15H,4-9H2,1-3H3,(H,17,18). The van der Waals surface area contributed by atoms with Gasteiger partial charge in [-0.05, 0) is 59.3 Å². The van der Waals surface area contributed by atoms with Crippen molar-refractivity contribution in [2.24, 2.45) is 0 Å². The van der Waals surface area contributed by atoms with Crippen molar-refractivity contribution in [3.63, 3.8) is 0 Å². The van der Waals surface area contributed by atoms with E-state index in [-0.39, 0.29) is 11.6 Å². The van der Waals surface area contributed by atoms with Crippen molar-refractivity contribution < 1.29 is 9.90 Å². The number of hydrogen-bond acceptors (Lipinski definition) is 2. The molecule has 0 unspecified atom stereocenters. The summed E-state index contributed by atoms with van der Waals surface area (Å²) in [5.41, 5.74) is -0.298. The first-order valence-corrected chi connectivity index (χ1v) is 7.16. The summed E-state index contributed by atoms with van der Waals surface area (Å²) in [5.74, 6) is 0. The van der Waals surface area contributed by atoms with Crippen LogP contribution >= 0.6 is 0 Å². The summed E-state index contributed by atoms with van der Waals surface area (Å²) in [6, 6.07) is 1.56. The topological polar surface area (TPSA) is 52.6 Å². The Bertz CT molecular complexity index is 299. The van der Waals surface area contributed by atoms with Crippen LogP contribution in [-0.4, -0.2) is 39.8 Å². The predicted molar refractivity (Wildman–Crippen MR) is 71.8 cm³/mol. The van der Waals surface area contributed by atoms with Crippen LogP contribution in [0, 0.1) is 0 Å². The lowest BCUT2D eigenvalue weighted by Gasteiger charge is -2.42. The fraction of sp³-hybridized carbons (Fsp3) is 0.929. The third-order valence-electron chi connectivity index (χ3n) is 4.04. The van der Waals surface area contributed by atoms with E-state index in [0.29, 0.717) is 6.04 Å². The largest absolute Gasteiger partial charge is 0.465 e. The molecule has 2 rings (SSSR count). The summed E-state index contributed by atoms with van der Waals surface area (Å²) in [7, 11) is 0. The molecular formula is C14H26N2O2. The number of hydrogen-bond donors (Lipinski definition) is 2. The summed E-state index contributed by atoms with van der Waals surface area (Å²) in [4.78, 5) is 13.1. The van der Waals surface area contributed by atoms with Crippen LogP contribution in [-0.2, 0) is 0 Å². The Morgan fingerprint density at radius 1 is 1.06 bits per heavy atom. The predicted octanol–water partition coefficient (Wildman–Crippen LogP) is 2.83. The third-order valence-corrected chi connectivity index (χ3v) is 4.04. The van der Waals surface area contributed by atoms with Gasteiger partial charge in [0, 0.05) is 23.7 Å². The molecule has 0 radical (unpaired) electrons.